The van der Waals surface area contributed by atoms with E-state index in [-0.39, 0.29) is 11.5 Å². The maximum Gasteiger partial charge on any atom is 0.165 e. The molecule has 194 valence electrons. The molecule has 2 heterocycles. The second kappa shape index (κ2) is 10.1. The highest BCUT2D eigenvalue weighted by Crippen LogP contribution is 2.48. The van der Waals surface area contributed by atoms with Gasteiger partial charge in [0, 0.05) is 23.7 Å². The van der Waals surface area contributed by atoms with Gasteiger partial charge in [-0.05, 0) is 104 Å². The summed E-state index contributed by atoms with van der Waals surface area (Å²) in [5, 5.41) is 20.1. The number of nitrogens with zero attached hydrogens (tertiary/aromatic N) is 1. The molecule has 0 amide bonds. The Kier molecular flexibility index (Phi) is 6.86. The van der Waals surface area contributed by atoms with E-state index in [2.05, 4.69) is 18.7 Å². The molecule has 0 radical (unpaired) electrons. The Labute approximate surface area is 217 Å². The van der Waals surface area contributed by atoms with Crippen molar-refractivity contribution >= 4 is 11.1 Å². The van der Waals surface area contributed by atoms with Crippen LogP contribution in [-0.4, -0.2) is 40.9 Å². The third-order valence-electron chi connectivity index (χ3n) is 7.60. The molecular weight excluding hydrogens is 469 g/mol. The molecule has 3 unspecified atom stereocenters. The normalized spacial score (nSPS) is 20.5. The third-order valence-corrected chi connectivity index (χ3v) is 7.60. The Morgan fingerprint density at radius 1 is 1.08 bits per heavy atom. The van der Waals surface area contributed by atoms with Gasteiger partial charge >= 0.3 is 0 Å². The molecule has 0 saturated carbocycles. The zero-order valence-corrected chi connectivity index (χ0v) is 21.8. The molecule has 0 aromatic heterocycles. The van der Waals surface area contributed by atoms with Crippen molar-refractivity contribution in [2.24, 2.45) is 5.92 Å². The van der Waals surface area contributed by atoms with Crippen LogP contribution in [0.3, 0.4) is 0 Å². The summed E-state index contributed by atoms with van der Waals surface area (Å²) in [7, 11) is 0. The quantitative estimate of drug-likeness (QED) is 0.391. The van der Waals surface area contributed by atoms with Gasteiger partial charge in [0.2, 0.25) is 0 Å². The smallest absolute Gasteiger partial charge is 0.165 e. The number of halogens is 1. The minimum atomic E-state index is -0.680. The Balaban J connectivity index is 1.44. The van der Waals surface area contributed by atoms with Gasteiger partial charge < -0.3 is 19.7 Å². The van der Waals surface area contributed by atoms with Crippen LogP contribution in [0.25, 0.3) is 11.1 Å². The summed E-state index contributed by atoms with van der Waals surface area (Å²) in [6.07, 6.45) is 0.738. The van der Waals surface area contributed by atoms with Crippen molar-refractivity contribution in [3.63, 3.8) is 0 Å². The molecule has 5 nitrogen and oxygen atoms in total. The van der Waals surface area contributed by atoms with Crippen molar-refractivity contribution in [3.8, 4) is 23.0 Å². The number of phenolic OH excluding ortho intramolecular Hbond substituents is 2. The molecule has 6 heteroatoms. The van der Waals surface area contributed by atoms with Crippen molar-refractivity contribution in [3.05, 3.63) is 82.7 Å². The third kappa shape index (κ3) is 5.03. The lowest BCUT2D eigenvalue weighted by molar-refractivity contribution is 0.169. The van der Waals surface area contributed by atoms with Crippen molar-refractivity contribution in [1.82, 2.24) is 4.90 Å². The Morgan fingerprint density at radius 3 is 2.51 bits per heavy atom. The van der Waals surface area contributed by atoms with E-state index in [1.807, 2.05) is 31.2 Å². The van der Waals surface area contributed by atoms with Gasteiger partial charge in [0.25, 0.3) is 0 Å². The van der Waals surface area contributed by atoms with Gasteiger partial charge in [-0.3, -0.25) is 4.90 Å². The van der Waals surface area contributed by atoms with Gasteiger partial charge in [0.1, 0.15) is 30.0 Å². The fourth-order valence-electron chi connectivity index (χ4n) is 5.37. The number of aryl methyl sites for hydroxylation is 1. The number of hydrogen-bond acceptors (Lipinski definition) is 5. The van der Waals surface area contributed by atoms with Crippen LogP contribution < -0.4 is 9.47 Å². The SMILES string of the molecule is CC1=C(c2cc(C)c(O)c(F)c2)C(c2ccc(OCC(C)N3CCC(C)C3)cc2)Oc2ccc(O)cc21. The largest absolute Gasteiger partial charge is 0.508 e. The zero-order valence-electron chi connectivity index (χ0n) is 21.8. The van der Waals surface area contributed by atoms with Crippen molar-refractivity contribution < 1.29 is 24.1 Å². The average Bonchev–Trinajstić information content (AvgIpc) is 3.32. The first-order valence-electron chi connectivity index (χ1n) is 12.9. The van der Waals surface area contributed by atoms with Gasteiger partial charge in [0.05, 0.1) is 0 Å². The highest BCUT2D eigenvalue weighted by atomic mass is 19.1. The molecule has 1 fully saturated rings. The highest BCUT2D eigenvalue weighted by Gasteiger charge is 2.30. The number of ether oxygens (including phenoxy) is 2. The maximum atomic E-state index is 14.6. The first-order valence-corrected chi connectivity index (χ1v) is 12.9. The summed E-state index contributed by atoms with van der Waals surface area (Å²) < 4.78 is 27.1. The summed E-state index contributed by atoms with van der Waals surface area (Å²) in [5.41, 5.74) is 4.38. The molecule has 5 rings (SSSR count). The summed E-state index contributed by atoms with van der Waals surface area (Å²) in [6.45, 7) is 11.0. The zero-order chi connectivity index (χ0) is 26.3. The van der Waals surface area contributed by atoms with Crippen LogP contribution in [0.4, 0.5) is 4.39 Å². The number of fused-ring (bicyclic) bond motifs is 1. The fraction of sp³-hybridized carbons (Fsp3) is 0.355. The van der Waals surface area contributed by atoms with Crippen molar-refractivity contribution in [1.29, 1.82) is 0 Å². The number of aromatic hydroxyl groups is 2. The van der Waals surface area contributed by atoms with E-state index in [1.54, 1.807) is 31.2 Å². The molecule has 0 bridgehead atoms. The van der Waals surface area contributed by atoms with Crippen LogP contribution >= 0.6 is 0 Å². The number of rotatable bonds is 6. The Morgan fingerprint density at radius 2 is 1.84 bits per heavy atom. The topological polar surface area (TPSA) is 62.2 Å². The first kappa shape index (κ1) is 25.2. The van der Waals surface area contributed by atoms with E-state index in [1.165, 1.54) is 12.5 Å². The number of hydrogen-bond donors (Lipinski definition) is 2. The molecule has 3 aromatic carbocycles. The predicted molar refractivity (Wildman–Crippen MR) is 144 cm³/mol. The number of benzene rings is 3. The maximum absolute atomic E-state index is 14.6. The van der Waals surface area contributed by atoms with Gasteiger partial charge in [0.15, 0.2) is 11.6 Å². The van der Waals surface area contributed by atoms with E-state index in [0.717, 1.165) is 47.0 Å². The van der Waals surface area contributed by atoms with Gasteiger partial charge in [-0.1, -0.05) is 19.1 Å². The van der Waals surface area contributed by atoms with E-state index in [0.29, 0.717) is 29.5 Å². The summed E-state index contributed by atoms with van der Waals surface area (Å²) in [6, 6.07) is 16.3. The summed E-state index contributed by atoms with van der Waals surface area (Å²) in [5.74, 6) is 1.27. The van der Waals surface area contributed by atoms with Crippen LogP contribution in [0, 0.1) is 18.7 Å². The molecule has 2 N–H and O–H groups in total. The summed E-state index contributed by atoms with van der Waals surface area (Å²) >= 11 is 0. The molecule has 0 aliphatic carbocycles. The van der Waals surface area contributed by atoms with E-state index in [4.69, 9.17) is 9.47 Å². The molecule has 3 aromatic rings. The number of phenols is 2. The second-order valence-electron chi connectivity index (χ2n) is 10.5. The standard InChI is InChI=1S/C31H34FNO4/c1-18-11-12-33(16-18)20(3)17-36-25-8-5-22(6-9-25)31-29(23-13-19(2)30(35)27(32)14-23)21(4)26-15-24(34)7-10-28(26)37-31/h5-10,13-15,18,20,31,34-35H,11-12,16-17H2,1-4H3. The first-order chi connectivity index (χ1) is 17.7. The predicted octanol–water partition coefficient (Wildman–Crippen LogP) is 6.72. The minimum Gasteiger partial charge on any atom is -0.508 e. The summed E-state index contributed by atoms with van der Waals surface area (Å²) in [4.78, 5) is 2.47. The molecule has 0 spiro atoms. The highest BCUT2D eigenvalue weighted by molar-refractivity contribution is 5.96. The lowest BCUT2D eigenvalue weighted by Gasteiger charge is -2.31. The second-order valence-corrected chi connectivity index (χ2v) is 10.5. The minimum absolute atomic E-state index is 0.131. The van der Waals surface area contributed by atoms with Crippen LogP contribution in [-0.2, 0) is 0 Å². The molecular formula is C31H34FNO4. The number of allylic oxidation sites excluding steroid dienone is 1. The lowest BCUT2D eigenvalue weighted by Crippen LogP contribution is -2.35. The molecule has 37 heavy (non-hydrogen) atoms. The Bertz CT molecular complexity index is 1310. The average molecular weight is 504 g/mol. The fourth-order valence-corrected chi connectivity index (χ4v) is 5.37. The monoisotopic (exact) mass is 503 g/mol. The van der Waals surface area contributed by atoms with Crippen molar-refractivity contribution in [2.75, 3.05) is 19.7 Å². The Hall–Kier alpha value is -3.51. The van der Waals surface area contributed by atoms with Crippen LogP contribution in [0.1, 0.15) is 55.5 Å². The van der Waals surface area contributed by atoms with Gasteiger partial charge in [-0.25, -0.2) is 4.39 Å². The van der Waals surface area contributed by atoms with E-state index < -0.39 is 11.9 Å². The van der Waals surface area contributed by atoms with Crippen LogP contribution in [0.5, 0.6) is 23.0 Å². The molecule has 3 atom stereocenters. The molecule has 1 saturated heterocycles. The van der Waals surface area contributed by atoms with E-state index >= 15 is 0 Å². The van der Waals surface area contributed by atoms with Crippen molar-refractivity contribution in [2.45, 2.75) is 46.3 Å². The molecule has 2 aliphatic rings. The molecule has 2 aliphatic heterocycles. The van der Waals surface area contributed by atoms with Crippen LogP contribution in [0.15, 0.2) is 54.6 Å². The van der Waals surface area contributed by atoms with Crippen LogP contribution in [0.2, 0.25) is 0 Å². The van der Waals surface area contributed by atoms with Gasteiger partial charge in [-0.2, -0.15) is 0 Å². The van der Waals surface area contributed by atoms with Gasteiger partial charge in [-0.15, -0.1) is 0 Å². The lowest BCUT2D eigenvalue weighted by atomic mass is 9.85. The number of likely N-dealkylation sites (tertiary alicyclic amines) is 1. The van der Waals surface area contributed by atoms with E-state index in [9.17, 15) is 14.6 Å².